The summed E-state index contributed by atoms with van der Waals surface area (Å²) >= 11 is 0. The summed E-state index contributed by atoms with van der Waals surface area (Å²) in [6.07, 6.45) is 3.49. The van der Waals surface area contributed by atoms with Crippen LogP contribution in [0.25, 0.3) is 0 Å². The van der Waals surface area contributed by atoms with E-state index in [1.165, 1.54) is 0 Å². The number of aromatic carboxylic acids is 1. The highest BCUT2D eigenvalue weighted by molar-refractivity contribution is 5.88. The van der Waals surface area contributed by atoms with Gasteiger partial charge in [-0.15, -0.1) is 0 Å². The zero-order chi connectivity index (χ0) is 9.59. The van der Waals surface area contributed by atoms with E-state index in [1.807, 2.05) is 6.20 Å². The third-order valence-electron chi connectivity index (χ3n) is 2.63. The van der Waals surface area contributed by atoms with Gasteiger partial charge in [0.1, 0.15) is 5.69 Å². The molecule has 2 rings (SSSR count). The van der Waals surface area contributed by atoms with E-state index in [0.717, 1.165) is 24.0 Å². The van der Waals surface area contributed by atoms with Gasteiger partial charge in [-0.2, -0.15) is 0 Å². The summed E-state index contributed by atoms with van der Waals surface area (Å²) in [5.74, 6) is -0.863. The van der Waals surface area contributed by atoms with Gasteiger partial charge in [-0.05, 0) is 24.0 Å². The van der Waals surface area contributed by atoms with Crippen LogP contribution >= 0.6 is 0 Å². The average Bonchev–Trinajstić information content (AvgIpc) is 2.51. The van der Waals surface area contributed by atoms with Crippen molar-refractivity contribution in [2.45, 2.75) is 18.9 Å². The zero-order valence-corrected chi connectivity index (χ0v) is 7.45. The fourth-order valence-electron chi connectivity index (χ4n) is 2.02. The van der Waals surface area contributed by atoms with Crippen LogP contribution < -0.4 is 5.73 Å². The molecule has 0 saturated carbocycles. The number of aromatic nitrogens is 1. The number of fused-ring (bicyclic) bond motifs is 1. The van der Waals surface area contributed by atoms with Crippen LogP contribution in [0.2, 0.25) is 0 Å². The van der Waals surface area contributed by atoms with Gasteiger partial charge in [-0.1, -0.05) is 0 Å². The predicted octanol–water partition coefficient (Wildman–Crippen LogP) is 0.669. The number of nitrogens with two attached hydrogens (primary N) is 1. The van der Waals surface area contributed by atoms with E-state index < -0.39 is 5.97 Å². The lowest BCUT2D eigenvalue weighted by Gasteiger charge is -2.00. The van der Waals surface area contributed by atoms with Gasteiger partial charge in [0.25, 0.3) is 0 Å². The number of hydrogen-bond acceptors (Lipinski definition) is 2. The summed E-state index contributed by atoms with van der Waals surface area (Å²) in [7, 11) is 1.74. The minimum Gasteiger partial charge on any atom is -0.477 e. The van der Waals surface area contributed by atoms with Crippen LogP contribution in [0.4, 0.5) is 0 Å². The Morgan fingerprint density at radius 2 is 2.46 bits per heavy atom. The van der Waals surface area contributed by atoms with Crippen LogP contribution in [0.5, 0.6) is 0 Å². The molecule has 0 aromatic carbocycles. The SMILES string of the molecule is Cn1cc2c(c1C(=O)O)CCC2N. The molecule has 1 aromatic rings. The Morgan fingerprint density at radius 3 is 3.08 bits per heavy atom. The minimum absolute atomic E-state index is 0.0225. The monoisotopic (exact) mass is 180 g/mol. The van der Waals surface area contributed by atoms with E-state index in [1.54, 1.807) is 11.6 Å². The largest absolute Gasteiger partial charge is 0.477 e. The Hall–Kier alpha value is -1.29. The third kappa shape index (κ3) is 1.06. The smallest absolute Gasteiger partial charge is 0.352 e. The topological polar surface area (TPSA) is 68.2 Å². The number of carboxylic acids is 1. The first kappa shape index (κ1) is 8.31. The van der Waals surface area contributed by atoms with Gasteiger partial charge in [0.15, 0.2) is 0 Å². The molecule has 1 aliphatic rings. The van der Waals surface area contributed by atoms with Crippen molar-refractivity contribution in [3.05, 3.63) is 23.0 Å². The van der Waals surface area contributed by atoms with Gasteiger partial charge in [0, 0.05) is 19.3 Å². The van der Waals surface area contributed by atoms with Gasteiger partial charge >= 0.3 is 5.97 Å². The molecule has 0 fully saturated rings. The summed E-state index contributed by atoms with van der Waals surface area (Å²) in [5.41, 5.74) is 8.13. The molecule has 13 heavy (non-hydrogen) atoms. The molecule has 0 aliphatic heterocycles. The van der Waals surface area contributed by atoms with E-state index in [0.29, 0.717) is 5.69 Å². The maximum Gasteiger partial charge on any atom is 0.352 e. The van der Waals surface area contributed by atoms with Crippen molar-refractivity contribution in [1.29, 1.82) is 0 Å². The standard InChI is InChI=1S/C9H12N2O2/c1-11-4-6-5(2-3-7(6)10)8(11)9(12)13/h4,7H,2-3,10H2,1H3,(H,12,13). The minimum atomic E-state index is -0.863. The first-order valence-corrected chi connectivity index (χ1v) is 4.28. The summed E-state index contributed by atoms with van der Waals surface area (Å²) in [6, 6.07) is 0.0225. The van der Waals surface area contributed by atoms with Crippen molar-refractivity contribution in [3.63, 3.8) is 0 Å². The molecule has 0 spiro atoms. The maximum atomic E-state index is 10.9. The Kier molecular flexibility index (Phi) is 1.66. The molecule has 1 unspecified atom stereocenters. The highest BCUT2D eigenvalue weighted by atomic mass is 16.4. The van der Waals surface area contributed by atoms with Crippen LogP contribution in [0.3, 0.4) is 0 Å². The molecular weight excluding hydrogens is 168 g/mol. The highest BCUT2D eigenvalue weighted by Gasteiger charge is 2.27. The normalized spacial score (nSPS) is 20.3. The summed E-state index contributed by atoms with van der Waals surface area (Å²) in [6.45, 7) is 0. The Balaban J connectivity index is 2.59. The van der Waals surface area contributed by atoms with Crippen molar-refractivity contribution in [3.8, 4) is 0 Å². The van der Waals surface area contributed by atoms with E-state index in [-0.39, 0.29) is 6.04 Å². The maximum absolute atomic E-state index is 10.9. The van der Waals surface area contributed by atoms with Crippen molar-refractivity contribution < 1.29 is 9.90 Å². The molecule has 0 bridgehead atoms. The third-order valence-corrected chi connectivity index (χ3v) is 2.63. The number of hydrogen-bond donors (Lipinski definition) is 2. The van der Waals surface area contributed by atoms with Crippen LogP contribution in [-0.2, 0) is 13.5 Å². The molecule has 0 radical (unpaired) electrons. The number of aryl methyl sites for hydroxylation is 1. The molecular formula is C9H12N2O2. The molecule has 70 valence electrons. The molecule has 1 heterocycles. The molecule has 1 aliphatic carbocycles. The van der Waals surface area contributed by atoms with E-state index >= 15 is 0 Å². The number of rotatable bonds is 1. The first-order chi connectivity index (χ1) is 6.11. The molecule has 1 atom stereocenters. The zero-order valence-electron chi connectivity index (χ0n) is 7.45. The van der Waals surface area contributed by atoms with Crippen molar-refractivity contribution >= 4 is 5.97 Å². The van der Waals surface area contributed by atoms with Crippen LogP contribution in [0.1, 0.15) is 34.1 Å². The Morgan fingerprint density at radius 1 is 1.77 bits per heavy atom. The Bertz CT molecular complexity index is 368. The van der Waals surface area contributed by atoms with E-state index in [2.05, 4.69) is 0 Å². The van der Waals surface area contributed by atoms with Crippen LogP contribution in [0, 0.1) is 0 Å². The lowest BCUT2D eigenvalue weighted by Crippen LogP contribution is -2.07. The van der Waals surface area contributed by atoms with Gasteiger partial charge in [-0.25, -0.2) is 4.79 Å². The molecule has 3 N–H and O–H groups in total. The number of carbonyl (C=O) groups is 1. The fourth-order valence-corrected chi connectivity index (χ4v) is 2.02. The van der Waals surface area contributed by atoms with Gasteiger partial charge in [0.2, 0.25) is 0 Å². The quantitative estimate of drug-likeness (QED) is 0.667. The van der Waals surface area contributed by atoms with Crippen LogP contribution in [0.15, 0.2) is 6.20 Å². The fraction of sp³-hybridized carbons (Fsp3) is 0.444. The molecule has 4 nitrogen and oxygen atoms in total. The highest BCUT2D eigenvalue weighted by Crippen LogP contribution is 2.32. The van der Waals surface area contributed by atoms with Crippen molar-refractivity contribution in [2.75, 3.05) is 0 Å². The van der Waals surface area contributed by atoms with Gasteiger partial charge < -0.3 is 15.4 Å². The second kappa shape index (κ2) is 2.60. The number of carboxylic acid groups (broad SMARTS) is 1. The second-order valence-corrected chi connectivity index (χ2v) is 3.47. The van der Waals surface area contributed by atoms with E-state index in [4.69, 9.17) is 10.8 Å². The lowest BCUT2D eigenvalue weighted by atomic mass is 10.2. The molecule has 4 heteroatoms. The Labute approximate surface area is 76.0 Å². The summed E-state index contributed by atoms with van der Waals surface area (Å²) in [4.78, 5) is 10.9. The lowest BCUT2D eigenvalue weighted by molar-refractivity contribution is 0.0685. The first-order valence-electron chi connectivity index (χ1n) is 4.28. The van der Waals surface area contributed by atoms with Crippen molar-refractivity contribution in [1.82, 2.24) is 4.57 Å². The summed E-state index contributed by atoms with van der Waals surface area (Å²) < 4.78 is 1.64. The van der Waals surface area contributed by atoms with Gasteiger partial charge in [0.05, 0.1) is 0 Å². The predicted molar refractivity (Wildman–Crippen MR) is 47.6 cm³/mol. The average molecular weight is 180 g/mol. The molecule has 1 aromatic heterocycles. The van der Waals surface area contributed by atoms with Gasteiger partial charge in [-0.3, -0.25) is 0 Å². The molecule has 0 amide bonds. The summed E-state index contributed by atoms with van der Waals surface area (Å²) in [5, 5.41) is 8.94. The number of nitrogens with zero attached hydrogens (tertiary/aromatic N) is 1. The van der Waals surface area contributed by atoms with Crippen LogP contribution in [-0.4, -0.2) is 15.6 Å². The molecule has 0 saturated heterocycles. The second-order valence-electron chi connectivity index (χ2n) is 3.47. The van der Waals surface area contributed by atoms with E-state index in [9.17, 15) is 4.79 Å². The van der Waals surface area contributed by atoms with Crippen molar-refractivity contribution in [2.24, 2.45) is 12.8 Å².